The molecule has 1 aromatic heterocycles. The highest BCUT2D eigenvalue weighted by atomic mass is 35.5. The first kappa shape index (κ1) is 26.9. The van der Waals surface area contributed by atoms with Crippen LogP contribution in [0.15, 0.2) is 41.3 Å². The largest absolute Gasteiger partial charge is 0.443 e. The van der Waals surface area contributed by atoms with Crippen molar-refractivity contribution in [1.29, 1.82) is 0 Å². The number of pyridine rings is 1. The fourth-order valence-corrected chi connectivity index (χ4v) is 6.41. The molecule has 0 saturated carbocycles. The molecule has 1 atom stereocenters. The van der Waals surface area contributed by atoms with Crippen molar-refractivity contribution in [2.24, 2.45) is 5.73 Å². The summed E-state index contributed by atoms with van der Waals surface area (Å²) in [7, 11) is -3.86. The quantitative estimate of drug-likeness (QED) is 0.523. The van der Waals surface area contributed by atoms with E-state index in [1.165, 1.54) is 21.3 Å². The molecule has 206 valence electrons. The number of piperazine rings is 1. The number of ether oxygens (including phenoxy) is 1. The number of hydrogen-bond acceptors (Lipinski definition) is 8. The lowest BCUT2D eigenvalue weighted by atomic mass is 10.1. The van der Waals surface area contributed by atoms with Gasteiger partial charge in [0.15, 0.2) is 0 Å². The summed E-state index contributed by atoms with van der Waals surface area (Å²) < 4.78 is 72.5. The van der Waals surface area contributed by atoms with E-state index in [1.54, 1.807) is 17.0 Å². The zero-order chi connectivity index (χ0) is 27.2. The van der Waals surface area contributed by atoms with E-state index in [9.17, 15) is 26.4 Å². The first-order chi connectivity index (χ1) is 17.9. The molecule has 2 N–H and O–H groups in total. The number of aromatic nitrogens is 1. The van der Waals surface area contributed by atoms with Gasteiger partial charge in [-0.1, -0.05) is 11.6 Å². The van der Waals surface area contributed by atoms with Crippen molar-refractivity contribution in [3.05, 3.63) is 47.1 Å². The molecule has 0 bridgehead atoms. The number of amides is 1. The number of rotatable bonds is 6. The van der Waals surface area contributed by atoms with Crippen molar-refractivity contribution < 1.29 is 31.1 Å². The maximum Gasteiger partial charge on any atom is 0.416 e. The molecule has 0 aliphatic carbocycles. The molecule has 4 heterocycles. The summed E-state index contributed by atoms with van der Waals surface area (Å²) in [6.45, 7) is 2.87. The van der Waals surface area contributed by atoms with E-state index in [0.29, 0.717) is 18.8 Å². The lowest BCUT2D eigenvalue weighted by Crippen LogP contribution is -2.57. The number of anilines is 2. The molecule has 5 rings (SSSR count). The Labute approximate surface area is 222 Å². The van der Waals surface area contributed by atoms with E-state index < -0.39 is 27.9 Å². The molecule has 3 aliphatic rings. The molecule has 3 saturated heterocycles. The topological polar surface area (TPSA) is 112 Å². The third kappa shape index (κ3) is 5.54. The number of halogens is 4. The van der Waals surface area contributed by atoms with Crippen molar-refractivity contribution in [3.63, 3.8) is 0 Å². The molecule has 1 aromatic carbocycles. The number of sulfonamides is 1. The Hall–Kier alpha value is -2.65. The molecule has 1 unspecified atom stereocenters. The number of nitrogens with two attached hydrogens (primary N) is 1. The van der Waals surface area contributed by atoms with Gasteiger partial charge in [0.2, 0.25) is 10.0 Å². The van der Waals surface area contributed by atoms with Gasteiger partial charge in [-0.05, 0) is 36.4 Å². The number of hydrogen-bond donors (Lipinski definition) is 1. The van der Waals surface area contributed by atoms with Gasteiger partial charge in [0.25, 0.3) is 0 Å². The molecule has 0 spiro atoms. The Balaban J connectivity index is 1.21. The minimum atomic E-state index is -4.58. The zero-order valence-electron chi connectivity index (χ0n) is 20.1. The molecular weight excluding hydrogens is 549 g/mol. The fourth-order valence-electron chi connectivity index (χ4n) is 4.79. The number of likely N-dealkylation sites (tertiary alicyclic amines) is 1. The van der Waals surface area contributed by atoms with E-state index in [4.69, 9.17) is 22.1 Å². The third-order valence-corrected chi connectivity index (χ3v) is 8.88. The Bertz CT molecular complexity index is 1300. The van der Waals surface area contributed by atoms with Gasteiger partial charge < -0.3 is 15.4 Å². The third-order valence-electron chi connectivity index (χ3n) is 6.78. The lowest BCUT2D eigenvalue weighted by molar-refractivity contribution is -0.137. The molecule has 0 radical (unpaired) electrons. The first-order valence-corrected chi connectivity index (χ1v) is 13.8. The smallest absolute Gasteiger partial charge is 0.416 e. The lowest BCUT2D eigenvalue weighted by Gasteiger charge is -2.37. The predicted molar refractivity (Wildman–Crippen MR) is 134 cm³/mol. The zero-order valence-corrected chi connectivity index (χ0v) is 21.7. The van der Waals surface area contributed by atoms with Gasteiger partial charge in [0, 0.05) is 57.5 Å². The maximum atomic E-state index is 13.2. The summed E-state index contributed by atoms with van der Waals surface area (Å²) in [4.78, 5) is 21.5. The summed E-state index contributed by atoms with van der Waals surface area (Å²) in [6.07, 6.45) is -5.36. The highest BCUT2D eigenvalue weighted by Gasteiger charge is 2.37. The number of carbonyl (C=O) groups is 1. The Morgan fingerprint density at radius 3 is 2.32 bits per heavy atom. The van der Waals surface area contributed by atoms with Gasteiger partial charge in [0.05, 0.1) is 17.0 Å². The van der Waals surface area contributed by atoms with Crippen LogP contribution in [-0.2, 0) is 20.9 Å². The van der Waals surface area contributed by atoms with Crippen molar-refractivity contribution in [2.75, 3.05) is 62.2 Å². The summed E-state index contributed by atoms with van der Waals surface area (Å²) in [5, 5.41) is -0.289. The Morgan fingerprint density at radius 2 is 1.71 bits per heavy atom. The van der Waals surface area contributed by atoms with Gasteiger partial charge in [-0.2, -0.15) is 17.5 Å². The van der Waals surface area contributed by atoms with E-state index >= 15 is 0 Å². The standard InChI is InChI=1S/C23H26ClF3N6O4S/c24-20-9-15(23(25,26)27)10-21(29-20)31-5-7-32(8-6-31)38(35,36)19-3-1-17(2-4-19)33-14-18(37-22(33)34)13-30-11-16(28)12-30/h1-4,9-10,16,18H,5-8,11-14,28H2. The average molecular weight is 575 g/mol. The van der Waals surface area contributed by atoms with E-state index in [-0.39, 0.29) is 54.2 Å². The second-order valence-corrected chi connectivity index (χ2v) is 11.8. The number of cyclic esters (lactones) is 1. The molecule has 38 heavy (non-hydrogen) atoms. The number of nitrogens with zero attached hydrogens (tertiary/aromatic N) is 5. The molecule has 2 aromatic rings. The number of alkyl halides is 3. The van der Waals surface area contributed by atoms with Crippen LogP contribution in [0.5, 0.6) is 0 Å². The molecule has 3 aliphatic heterocycles. The van der Waals surface area contributed by atoms with Crippen LogP contribution in [0.1, 0.15) is 5.56 Å². The normalized spacial score (nSPS) is 22.0. The van der Waals surface area contributed by atoms with Crippen LogP contribution in [-0.4, -0.2) is 93.2 Å². The van der Waals surface area contributed by atoms with Gasteiger partial charge >= 0.3 is 12.3 Å². The highest BCUT2D eigenvalue weighted by molar-refractivity contribution is 7.89. The molecule has 10 nitrogen and oxygen atoms in total. The number of benzene rings is 1. The first-order valence-electron chi connectivity index (χ1n) is 12.0. The van der Waals surface area contributed by atoms with E-state index in [2.05, 4.69) is 9.88 Å². The summed E-state index contributed by atoms with van der Waals surface area (Å²) in [5.74, 6) is 0.0407. The Morgan fingerprint density at radius 1 is 1.05 bits per heavy atom. The Kier molecular flexibility index (Phi) is 7.20. The fraction of sp³-hybridized carbons (Fsp3) is 0.478. The van der Waals surface area contributed by atoms with Gasteiger partial charge in [0.1, 0.15) is 17.1 Å². The van der Waals surface area contributed by atoms with Crippen molar-refractivity contribution in [3.8, 4) is 0 Å². The maximum absolute atomic E-state index is 13.2. The van der Waals surface area contributed by atoms with Crippen LogP contribution in [0.25, 0.3) is 0 Å². The average Bonchev–Trinajstić information content (AvgIpc) is 3.22. The summed E-state index contributed by atoms with van der Waals surface area (Å²) >= 11 is 5.79. The van der Waals surface area contributed by atoms with Crippen LogP contribution in [0.2, 0.25) is 5.15 Å². The second kappa shape index (κ2) is 10.2. The van der Waals surface area contributed by atoms with Crippen LogP contribution in [0.4, 0.5) is 29.5 Å². The van der Waals surface area contributed by atoms with Crippen LogP contribution in [0.3, 0.4) is 0 Å². The molecular formula is C23H26ClF3N6O4S. The predicted octanol–water partition coefficient (Wildman–Crippen LogP) is 2.23. The van der Waals surface area contributed by atoms with Crippen LogP contribution in [0, 0.1) is 0 Å². The highest BCUT2D eigenvalue weighted by Crippen LogP contribution is 2.33. The monoisotopic (exact) mass is 574 g/mol. The van der Waals surface area contributed by atoms with E-state index in [1.807, 2.05) is 0 Å². The summed E-state index contributed by atoms with van der Waals surface area (Å²) in [5.41, 5.74) is 5.40. The van der Waals surface area contributed by atoms with Gasteiger partial charge in [-0.25, -0.2) is 18.2 Å². The molecule has 15 heteroatoms. The van der Waals surface area contributed by atoms with Gasteiger partial charge in [-0.3, -0.25) is 9.80 Å². The van der Waals surface area contributed by atoms with Crippen LogP contribution >= 0.6 is 11.6 Å². The SMILES string of the molecule is NC1CN(CC2CN(c3ccc(S(=O)(=O)N4CCN(c5cc(C(F)(F)F)cc(Cl)n5)CC4)cc3)C(=O)O2)C1. The molecule has 1 amide bonds. The van der Waals surface area contributed by atoms with Crippen LogP contribution < -0.4 is 15.5 Å². The minimum absolute atomic E-state index is 0.0407. The van der Waals surface area contributed by atoms with Crippen molar-refractivity contribution >= 4 is 39.2 Å². The second-order valence-electron chi connectivity index (χ2n) is 9.51. The van der Waals surface area contributed by atoms with Crippen molar-refractivity contribution in [2.45, 2.75) is 23.2 Å². The summed E-state index contributed by atoms with van der Waals surface area (Å²) in [6, 6.07) is 7.78. The minimum Gasteiger partial charge on any atom is -0.443 e. The number of carbonyl (C=O) groups excluding carboxylic acids is 1. The van der Waals surface area contributed by atoms with E-state index in [0.717, 1.165) is 25.2 Å². The van der Waals surface area contributed by atoms with Crippen molar-refractivity contribution in [1.82, 2.24) is 14.2 Å². The molecule has 3 fully saturated rings. The van der Waals surface area contributed by atoms with Gasteiger partial charge in [-0.15, -0.1) is 0 Å².